The fraction of sp³-hybridized carbons (Fsp3) is 0.333. The summed E-state index contributed by atoms with van der Waals surface area (Å²) in [5, 5.41) is 11.2. The van der Waals surface area contributed by atoms with Crippen LogP contribution in [0.15, 0.2) is 54.6 Å². The molecule has 0 fully saturated rings. The molecule has 0 bridgehead atoms. The minimum Gasteiger partial charge on any atom is -0.497 e. The van der Waals surface area contributed by atoms with Crippen molar-refractivity contribution < 1.29 is 14.6 Å². The molecule has 0 aliphatic heterocycles. The van der Waals surface area contributed by atoms with Crippen molar-refractivity contribution in [3.63, 3.8) is 0 Å². The molecule has 1 aliphatic carbocycles. The highest BCUT2D eigenvalue weighted by molar-refractivity contribution is 5.51. The van der Waals surface area contributed by atoms with E-state index >= 15 is 0 Å². The molecular formula is C21H24O3. The van der Waals surface area contributed by atoms with Crippen LogP contribution in [0.5, 0.6) is 11.5 Å². The van der Waals surface area contributed by atoms with Crippen molar-refractivity contribution in [3.05, 3.63) is 71.3 Å². The van der Waals surface area contributed by atoms with Gasteiger partial charge in [-0.25, -0.2) is 0 Å². The molecule has 24 heavy (non-hydrogen) atoms. The van der Waals surface area contributed by atoms with E-state index in [-0.39, 0.29) is 11.8 Å². The van der Waals surface area contributed by atoms with Crippen molar-refractivity contribution >= 4 is 0 Å². The predicted octanol–water partition coefficient (Wildman–Crippen LogP) is 4.27. The Labute approximate surface area is 143 Å². The lowest BCUT2D eigenvalue weighted by atomic mass is 9.68. The van der Waals surface area contributed by atoms with Crippen LogP contribution in [0.1, 0.15) is 35.6 Å². The highest BCUT2D eigenvalue weighted by Gasteiger charge is 2.38. The van der Waals surface area contributed by atoms with Crippen molar-refractivity contribution in [1.82, 2.24) is 0 Å². The number of fused-ring (bicyclic) bond motifs is 1. The van der Waals surface area contributed by atoms with Gasteiger partial charge in [-0.3, -0.25) is 0 Å². The van der Waals surface area contributed by atoms with Crippen molar-refractivity contribution in [2.45, 2.75) is 25.4 Å². The van der Waals surface area contributed by atoms with E-state index in [2.05, 4.69) is 18.7 Å². The number of ether oxygens (including phenoxy) is 2. The van der Waals surface area contributed by atoms with Crippen molar-refractivity contribution in [2.75, 3.05) is 14.2 Å². The van der Waals surface area contributed by atoms with Crippen molar-refractivity contribution in [2.24, 2.45) is 5.92 Å². The molecule has 0 saturated carbocycles. The molecule has 3 rings (SSSR count). The lowest BCUT2D eigenvalue weighted by molar-refractivity contribution is 0.110. The second-order valence-electron chi connectivity index (χ2n) is 6.44. The molecule has 0 aromatic heterocycles. The van der Waals surface area contributed by atoms with E-state index in [0.29, 0.717) is 5.75 Å². The van der Waals surface area contributed by atoms with Gasteiger partial charge in [0.1, 0.15) is 11.5 Å². The first kappa shape index (κ1) is 16.6. The first-order valence-electron chi connectivity index (χ1n) is 8.20. The fourth-order valence-corrected chi connectivity index (χ4v) is 3.75. The zero-order chi connectivity index (χ0) is 17.3. The molecule has 0 heterocycles. The maximum Gasteiger partial charge on any atom is 0.126 e. The number of hydrogen-bond donors (Lipinski definition) is 1. The molecule has 0 amide bonds. The lowest BCUT2D eigenvalue weighted by Crippen LogP contribution is -2.29. The summed E-state index contributed by atoms with van der Waals surface area (Å²) in [5.74, 6) is 1.61. The van der Waals surface area contributed by atoms with Crippen LogP contribution in [0, 0.1) is 5.92 Å². The van der Waals surface area contributed by atoms with Gasteiger partial charge in [0, 0.05) is 17.5 Å². The highest BCUT2D eigenvalue weighted by atomic mass is 16.5. The zero-order valence-electron chi connectivity index (χ0n) is 14.5. The average molecular weight is 324 g/mol. The summed E-state index contributed by atoms with van der Waals surface area (Å²) in [6.45, 7) is 6.21. The largest absolute Gasteiger partial charge is 0.497 e. The minimum atomic E-state index is -0.623. The van der Waals surface area contributed by atoms with Gasteiger partial charge in [0.25, 0.3) is 0 Å². The third-order valence-electron chi connectivity index (χ3n) is 5.01. The molecule has 0 saturated heterocycles. The summed E-state index contributed by atoms with van der Waals surface area (Å²) in [7, 11) is 3.28. The summed E-state index contributed by atoms with van der Waals surface area (Å²) in [5.41, 5.74) is 4.14. The highest BCUT2D eigenvalue weighted by Crippen LogP contribution is 2.49. The van der Waals surface area contributed by atoms with Crippen LogP contribution in [0.4, 0.5) is 0 Å². The molecule has 1 aliphatic rings. The smallest absolute Gasteiger partial charge is 0.126 e. The first-order chi connectivity index (χ1) is 11.6. The van der Waals surface area contributed by atoms with E-state index < -0.39 is 6.10 Å². The summed E-state index contributed by atoms with van der Waals surface area (Å²) in [6.07, 6.45) is 0.177. The lowest BCUT2D eigenvalue weighted by Gasteiger charge is -2.38. The van der Waals surface area contributed by atoms with E-state index in [1.807, 2.05) is 37.3 Å². The third-order valence-corrected chi connectivity index (χ3v) is 5.01. The Hall–Kier alpha value is -2.26. The number of hydrogen-bond acceptors (Lipinski definition) is 3. The van der Waals surface area contributed by atoms with Crippen LogP contribution in [0.25, 0.3) is 0 Å². The number of rotatable bonds is 4. The quantitative estimate of drug-likeness (QED) is 0.854. The monoisotopic (exact) mass is 324 g/mol. The molecule has 3 nitrogen and oxygen atoms in total. The van der Waals surface area contributed by atoms with Crippen molar-refractivity contribution in [1.29, 1.82) is 0 Å². The number of allylic oxidation sites excluding steroid dienone is 1. The van der Waals surface area contributed by atoms with Crippen LogP contribution in [0.2, 0.25) is 0 Å². The van der Waals surface area contributed by atoms with Gasteiger partial charge in [-0.2, -0.15) is 0 Å². The fourth-order valence-electron chi connectivity index (χ4n) is 3.75. The summed E-state index contributed by atoms with van der Waals surface area (Å²) < 4.78 is 10.9. The van der Waals surface area contributed by atoms with Crippen LogP contribution in [-0.2, 0) is 6.42 Å². The van der Waals surface area contributed by atoms with Gasteiger partial charge < -0.3 is 14.6 Å². The van der Waals surface area contributed by atoms with Crippen molar-refractivity contribution in [3.8, 4) is 11.5 Å². The normalized spacial score (nSPS) is 22.6. The topological polar surface area (TPSA) is 38.7 Å². The predicted molar refractivity (Wildman–Crippen MR) is 95.7 cm³/mol. The molecule has 3 atom stereocenters. The molecular weight excluding hydrogens is 300 g/mol. The molecule has 3 heteroatoms. The Morgan fingerprint density at radius 1 is 1.12 bits per heavy atom. The molecule has 1 N–H and O–H groups in total. The van der Waals surface area contributed by atoms with Crippen LogP contribution >= 0.6 is 0 Å². The minimum absolute atomic E-state index is 0.0204. The molecule has 2 aromatic carbocycles. The summed E-state index contributed by atoms with van der Waals surface area (Å²) >= 11 is 0. The molecule has 126 valence electrons. The Kier molecular flexibility index (Phi) is 4.63. The maximum absolute atomic E-state index is 11.2. The summed E-state index contributed by atoms with van der Waals surface area (Å²) in [6, 6.07) is 14.0. The number of aliphatic hydroxyl groups excluding tert-OH is 1. The van der Waals surface area contributed by atoms with E-state index in [9.17, 15) is 5.11 Å². The van der Waals surface area contributed by atoms with E-state index in [0.717, 1.165) is 34.4 Å². The van der Waals surface area contributed by atoms with Crippen LogP contribution in [-0.4, -0.2) is 19.3 Å². The Morgan fingerprint density at radius 2 is 1.83 bits per heavy atom. The molecule has 0 spiro atoms. The third kappa shape index (κ3) is 2.80. The first-order valence-corrected chi connectivity index (χ1v) is 8.20. The molecule has 0 unspecified atom stereocenters. The average Bonchev–Trinajstić information content (AvgIpc) is 2.61. The Balaban J connectivity index is 2.15. The van der Waals surface area contributed by atoms with Crippen LogP contribution in [0.3, 0.4) is 0 Å². The van der Waals surface area contributed by atoms with Gasteiger partial charge in [0.2, 0.25) is 0 Å². The van der Waals surface area contributed by atoms with E-state index in [1.54, 1.807) is 14.2 Å². The molecule has 0 radical (unpaired) electrons. The van der Waals surface area contributed by atoms with Gasteiger partial charge in [-0.1, -0.05) is 42.5 Å². The SMILES string of the molecule is C=C(C)[C@H]1Cc2c(OC)cc(OC)cc2[C@@H](O)[C@@H]1c1ccccc1. The number of aliphatic hydroxyl groups is 1. The second-order valence-corrected chi connectivity index (χ2v) is 6.44. The standard InChI is InChI=1S/C21H24O3/c1-13(2)16-12-17-18(10-15(23-3)11-19(17)24-4)21(22)20(16)14-8-6-5-7-9-14/h5-11,16,20-22H,1,12H2,2-4H3/t16-,20-,21-/m1/s1. The zero-order valence-corrected chi connectivity index (χ0v) is 14.5. The number of benzene rings is 2. The van der Waals surface area contributed by atoms with Gasteiger partial charge >= 0.3 is 0 Å². The van der Waals surface area contributed by atoms with Gasteiger partial charge in [-0.15, -0.1) is 0 Å². The van der Waals surface area contributed by atoms with E-state index in [4.69, 9.17) is 9.47 Å². The molecule has 2 aromatic rings. The maximum atomic E-state index is 11.2. The second kappa shape index (κ2) is 6.70. The Bertz CT molecular complexity index is 736. The number of methoxy groups -OCH3 is 2. The van der Waals surface area contributed by atoms with Gasteiger partial charge in [-0.05, 0) is 36.5 Å². The van der Waals surface area contributed by atoms with Crippen LogP contribution < -0.4 is 9.47 Å². The summed E-state index contributed by atoms with van der Waals surface area (Å²) in [4.78, 5) is 0. The van der Waals surface area contributed by atoms with Gasteiger partial charge in [0.05, 0.1) is 20.3 Å². The Morgan fingerprint density at radius 3 is 2.42 bits per heavy atom. The van der Waals surface area contributed by atoms with Gasteiger partial charge in [0.15, 0.2) is 0 Å². The van der Waals surface area contributed by atoms with E-state index in [1.165, 1.54) is 0 Å².